The van der Waals surface area contributed by atoms with Crippen LogP contribution in [0.2, 0.25) is 0 Å². The van der Waals surface area contributed by atoms with Crippen LogP contribution in [0.5, 0.6) is 5.75 Å². The van der Waals surface area contributed by atoms with Crippen molar-refractivity contribution < 1.29 is 28.0 Å². The molecule has 2 rings (SSSR count). The Hall–Kier alpha value is -2.29. The summed E-state index contributed by atoms with van der Waals surface area (Å²) in [5.41, 5.74) is -0.601. The van der Waals surface area contributed by atoms with Crippen LogP contribution in [0.15, 0.2) is 18.2 Å². The molecular weight excluding hydrogens is 302 g/mol. The lowest BCUT2D eigenvalue weighted by molar-refractivity contribution is -0.386. The summed E-state index contributed by atoms with van der Waals surface area (Å²) in [4.78, 5) is 22.0. The quantitative estimate of drug-likeness (QED) is 0.663. The molecule has 22 heavy (non-hydrogen) atoms. The monoisotopic (exact) mass is 316 g/mol. The molecule has 9 heteroatoms. The van der Waals surface area contributed by atoms with Crippen molar-refractivity contribution in [3.8, 4) is 5.75 Å². The predicted octanol–water partition coefficient (Wildman–Crippen LogP) is 2.10. The van der Waals surface area contributed by atoms with Gasteiger partial charge in [0.1, 0.15) is 0 Å². The number of nitro benzene ring substituents is 1. The van der Waals surface area contributed by atoms with Crippen LogP contribution >= 0.6 is 0 Å². The lowest BCUT2D eigenvalue weighted by Gasteiger charge is -2.23. The first kappa shape index (κ1) is 16.1. The van der Waals surface area contributed by atoms with Crippen molar-refractivity contribution >= 4 is 11.6 Å². The zero-order valence-corrected chi connectivity index (χ0v) is 11.5. The van der Waals surface area contributed by atoms with Crippen molar-refractivity contribution in [3.63, 3.8) is 0 Å². The molecule has 7 nitrogen and oxygen atoms in total. The van der Waals surface area contributed by atoms with Gasteiger partial charge in [0.15, 0.2) is 0 Å². The van der Waals surface area contributed by atoms with Crippen LogP contribution < -0.4 is 10.1 Å². The summed E-state index contributed by atoms with van der Waals surface area (Å²) in [5, 5.41) is 13.5. The van der Waals surface area contributed by atoms with Gasteiger partial charge in [-0.05, 0) is 18.9 Å². The van der Waals surface area contributed by atoms with Crippen LogP contribution in [0.25, 0.3) is 0 Å². The van der Waals surface area contributed by atoms with Crippen molar-refractivity contribution in [2.75, 3.05) is 13.2 Å². The van der Waals surface area contributed by atoms with Gasteiger partial charge >= 0.3 is 12.3 Å². The van der Waals surface area contributed by atoms with Gasteiger partial charge in [-0.2, -0.15) is 8.78 Å². The maximum absolute atomic E-state index is 12.3. The summed E-state index contributed by atoms with van der Waals surface area (Å²) in [7, 11) is 0. The molecule has 120 valence electrons. The molecule has 0 radical (unpaired) electrons. The van der Waals surface area contributed by atoms with Crippen LogP contribution in [0, 0.1) is 10.1 Å². The Morgan fingerprint density at radius 1 is 1.41 bits per heavy atom. The summed E-state index contributed by atoms with van der Waals surface area (Å²) < 4.78 is 33.9. The fourth-order valence-corrected chi connectivity index (χ4v) is 2.11. The molecule has 1 aromatic rings. The number of carbonyl (C=O) groups excluding carboxylic acids is 1. The second kappa shape index (κ2) is 7.12. The van der Waals surface area contributed by atoms with Crippen LogP contribution in [0.4, 0.5) is 14.5 Å². The number of alkyl halides is 2. The summed E-state index contributed by atoms with van der Waals surface area (Å²) in [6.45, 7) is -2.15. The van der Waals surface area contributed by atoms with Crippen molar-refractivity contribution in [1.82, 2.24) is 5.32 Å². The second-order valence-corrected chi connectivity index (χ2v) is 4.68. The van der Waals surface area contributed by atoms with Gasteiger partial charge in [-0.15, -0.1) is 0 Å². The Bertz CT molecular complexity index is 561. The Labute approximate surface area is 124 Å². The Morgan fingerprint density at radius 3 is 2.68 bits per heavy atom. The molecule has 1 aliphatic heterocycles. The van der Waals surface area contributed by atoms with Crippen molar-refractivity contribution in [2.45, 2.75) is 25.5 Å². The van der Waals surface area contributed by atoms with Gasteiger partial charge in [-0.3, -0.25) is 14.9 Å². The molecule has 1 aromatic carbocycles. The molecular formula is C13H14F2N2O5. The molecule has 1 heterocycles. The number of amides is 1. The Kier molecular flexibility index (Phi) is 5.21. The first-order valence-corrected chi connectivity index (χ1v) is 6.59. The number of carbonyl (C=O) groups is 1. The van der Waals surface area contributed by atoms with E-state index in [-0.39, 0.29) is 11.6 Å². The Morgan fingerprint density at radius 2 is 2.09 bits per heavy atom. The number of nitro groups is 1. The number of ether oxygens (including phenoxy) is 2. The van der Waals surface area contributed by atoms with E-state index in [0.29, 0.717) is 26.1 Å². The lowest BCUT2D eigenvalue weighted by Crippen LogP contribution is -2.38. The number of rotatable bonds is 5. The molecule has 1 saturated heterocycles. The molecule has 0 saturated carbocycles. The standard InChI is InChI=1S/C13H14F2N2O5/c14-13(15)22-11-7-8(1-2-10(11)17(19)20)12(18)16-9-3-5-21-6-4-9/h1-2,7,9,13H,3-6H2,(H,16,18). The first-order chi connectivity index (χ1) is 10.5. The lowest BCUT2D eigenvalue weighted by atomic mass is 10.1. The second-order valence-electron chi connectivity index (χ2n) is 4.68. The normalized spacial score (nSPS) is 15.6. The smallest absolute Gasteiger partial charge is 0.387 e. The minimum Gasteiger partial charge on any atom is -0.427 e. The number of hydrogen-bond acceptors (Lipinski definition) is 5. The number of nitrogens with zero attached hydrogens (tertiary/aromatic N) is 1. The highest BCUT2D eigenvalue weighted by molar-refractivity contribution is 5.95. The molecule has 1 N–H and O–H groups in total. The zero-order valence-electron chi connectivity index (χ0n) is 11.5. The highest BCUT2D eigenvalue weighted by atomic mass is 19.3. The average Bonchev–Trinajstić information content (AvgIpc) is 2.47. The summed E-state index contributed by atoms with van der Waals surface area (Å²) in [6, 6.07) is 3.04. The third kappa shape index (κ3) is 4.10. The van der Waals surface area contributed by atoms with E-state index in [1.807, 2.05) is 0 Å². The Balaban J connectivity index is 2.15. The SMILES string of the molecule is O=C(NC1CCOCC1)c1ccc([N+](=O)[O-])c(OC(F)F)c1. The number of hydrogen-bond donors (Lipinski definition) is 1. The highest BCUT2D eigenvalue weighted by Crippen LogP contribution is 2.29. The summed E-state index contributed by atoms with van der Waals surface area (Å²) >= 11 is 0. The van der Waals surface area contributed by atoms with Crippen LogP contribution in [-0.4, -0.2) is 36.7 Å². The van der Waals surface area contributed by atoms with Gasteiger partial charge in [0.25, 0.3) is 5.91 Å². The molecule has 0 aliphatic carbocycles. The van der Waals surface area contributed by atoms with Crippen molar-refractivity contribution in [1.29, 1.82) is 0 Å². The highest BCUT2D eigenvalue weighted by Gasteiger charge is 2.22. The van der Waals surface area contributed by atoms with Crippen molar-refractivity contribution in [3.05, 3.63) is 33.9 Å². The minimum absolute atomic E-state index is 0.0211. The molecule has 0 atom stereocenters. The van der Waals surface area contributed by atoms with E-state index in [2.05, 4.69) is 10.1 Å². The predicted molar refractivity (Wildman–Crippen MR) is 71.0 cm³/mol. The van der Waals surface area contributed by atoms with E-state index >= 15 is 0 Å². The van der Waals surface area contributed by atoms with E-state index in [9.17, 15) is 23.7 Å². The van der Waals surface area contributed by atoms with E-state index in [1.54, 1.807) is 0 Å². The van der Waals surface area contributed by atoms with Crippen LogP contribution in [0.1, 0.15) is 23.2 Å². The van der Waals surface area contributed by atoms with Gasteiger partial charge in [0, 0.05) is 37.0 Å². The molecule has 0 bridgehead atoms. The van der Waals surface area contributed by atoms with Gasteiger partial charge in [-0.1, -0.05) is 0 Å². The minimum atomic E-state index is -3.22. The average molecular weight is 316 g/mol. The molecule has 0 aromatic heterocycles. The van der Waals surface area contributed by atoms with Gasteiger partial charge in [-0.25, -0.2) is 0 Å². The number of halogens is 2. The topological polar surface area (TPSA) is 90.7 Å². The van der Waals surface area contributed by atoms with Crippen molar-refractivity contribution in [2.24, 2.45) is 0 Å². The van der Waals surface area contributed by atoms with E-state index in [4.69, 9.17) is 4.74 Å². The first-order valence-electron chi connectivity index (χ1n) is 6.59. The van der Waals surface area contributed by atoms with Crippen LogP contribution in [0.3, 0.4) is 0 Å². The molecule has 1 aliphatic rings. The van der Waals surface area contributed by atoms with Gasteiger partial charge in [0.05, 0.1) is 4.92 Å². The fraction of sp³-hybridized carbons (Fsp3) is 0.462. The molecule has 1 amide bonds. The maximum atomic E-state index is 12.3. The molecule has 0 unspecified atom stereocenters. The van der Waals surface area contributed by atoms with Gasteiger partial charge in [0.2, 0.25) is 5.75 Å². The largest absolute Gasteiger partial charge is 0.427 e. The fourth-order valence-electron chi connectivity index (χ4n) is 2.11. The maximum Gasteiger partial charge on any atom is 0.387 e. The van der Waals surface area contributed by atoms with E-state index in [0.717, 1.165) is 12.1 Å². The number of nitrogens with one attached hydrogen (secondary N) is 1. The summed E-state index contributed by atoms with van der Waals surface area (Å²) in [5.74, 6) is -1.14. The van der Waals surface area contributed by atoms with E-state index in [1.165, 1.54) is 6.07 Å². The van der Waals surface area contributed by atoms with Gasteiger partial charge < -0.3 is 14.8 Å². The molecule has 0 spiro atoms. The third-order valence-corrected chi connectivity index (χ3v) is 3.19. The molecule has 1 fully saturated rings. The summed E-state index contributed by atoms with van der Waals surface area (Å²) in [6.07, 6.45) is 1.30. The zero-order chi connectivity index (χ0) is 16.1. The third-order valence-electron chi connectivity index (χ3n) is 3.19. The van der Waals surface area contributed by atoms with Crippen LogP contribution in [-0.2, 0) is 4.74 Å². The number of benzene rings is 1. The van der Waals surface area contributed by atoms with E-state index < -0.39 is 28.9 Å².